The first-order valence-corrected chi connectivity index (χ1v) is 5.89. The molecule has 0 aliphatic carbocycles. The zero-order chi connectivity index (χ0) is 11.9. The molecule has 5 heteroatoms. The maximum absolute atomic E-state index is 4.96. The van der Waals surface area contributed by atoms with Crippen LogP contribution in [-0.2, 0) is 11.3 Å². The van der Waals surface area contributed by atoms with Gasteiger partial charge in [0.15, 0.2) is 0 Å². The van der Waals surface area contributed by atoms with Gasteiger partial charge >= 0.3 is 0 Å². The molecule has 0 aliphatic rings. The predicted octanol–water partition coefficient (Wildman–Crippen LogP) is 1.06. The lowest BCUT2D eigenvalue weighted by atomic mass is 10.3. The molecule has 0 bridgehead atoms. The summed E-state index contributed by atoms with van der Waals surface area (Å²) in [6.07, 6.45) is 1.04. The van der Waals surface area contributed by atoms with Crippen LogP contribution in [0.15, 0.2) is 24.3 Å². The van der Waals surface area contributed by atoms with Crippen molar-refractivity contribution in [1.82, 2.24) is 20.3 Å². The number of para-hydroxylation sites is 1. The second kappa shape index (κ2) is 6.32. The Kier molecular flexibility index (Phi) is 4.46. The molecule has 1 aromatic heterocycles. The Morgan fingerprint density at radius 1 is 1.29 bits per heavy atom. The molecule has 1 N–H and O–H groups in total. The van der Waals surface area contributed by atoms with Crippen LogP contribution < -0.4 is 5.32 Å². The van der Waals surface area contributed by atoms with Gasteiger partial charge < -0.3 is 10.1 Å². The number of methoxy groups -OCH3 is 1. The monoisotopic (exact) mass is 234 g/mol. The first-order chi connectivity index (χ1) is 8.42. The van der Waals surface area contributed by atoms with Gasteiger partial charge in [0, 0.05) is 20.2 Å². The molecule has 1 heterocycles. The normalized spacial score (nSPS) is 11.1. The van der Waals surface area contributed by atoms with E-state index in [4.69, 9.17) is 4.74 Å². The molecule has 2 aromatic rings. The van der Waals surface area contributed by atoms with Gasteiger partial charge in [-0.15, -0.1) is 5.10 Å². The number of nitrogens with zero attached hydrogens (tertiary/aromatic N) is 3. The maximum atomic E-state index is 4.96. The smallest absolute Gasteiger partial charge is 0.113 e. The van der Waals surface area contributed by atoms with Crippen molar-refractivity contribution in [2.75, 3.05) is 26.8 Å². The minimum atomic E-state index is 0.756. The van der Waals surface area contributed by atoms with E-state index in [1.165, 1.54) is 0 Å². The third kappa shape index (κ3) is 3.25. The Bertz CT molecular complexity index is 454. The fraction of sp³-hybridized carbons (Fsp3) is 0.500. The van der Waals surface area contributed by atoms with Crippen LogP contribution >= 0.6 is 0 Å². The van der Waals surface area contributed by atoms with Crippen LogP contribution in [0.25, 0.3) is 11.0 Å². The molecule has 0 saturated carbocycles. The maximum Gasteiger partial charge on any atom is 0.113 e. The number of nitrogens with one attached hydrogen (secondary N) is 1. The van der Waals surface area contributed by atoms with Crippen LogP contribution in [-0.4, -0.2) is 41.8 Å². The standard InChI is InChI=1S/C12H18N4O/c1-17-10-8-13-7-4-9-16-12-6-3-2-5-11(12)14-15-16/h2-3,5-6,13H,4,7-10H2,1H3. The number of aryl methyl sites for hydroxylation is 1. The van der Waals surface area contributed by atoms with Gasteiger partial charge in [0.1, 0.15) is 5.52 Å². The van der Waals surface area contributed by atoms with E-state index in [0.717, 1.165) is 43.7 Å². The summed E-state index contributed by atoms with van der Waals surface area (Å²) in [6, 6.07) is 8.02. The number of hydrogen-bond donors (Lipinski definition) is 1. The van der Waals surface area contributed by atoms with Crippen molar-refractivity contribution < 1.29 is 4.74 Å². The van der Waals surface area contributed by atoms with Crippen LogP contribution in [0.5, 0.6) is 0 Å². The van der Waals surface area contributed by atoms with Crippen molar-refractivity contribution in [3.05, 3.63) is 24.3 Å². The summed E-state index contributed by atoms with van der Waals surface area (Å²) in [6.45, 7) is 3.51. The zero-order valence-electron chi connectivity index (χ0n) is 10.1. The molecule has 0 unspecified atom stereocenters. The molecule has 0 fully saturated rings. The van der Waals surface area contributed by atoms with Crippen molar-refractivity contribution in [1.29, 1.82) is 0 Å². The Morgan fingerprint density at radius 3 is 3.06 bits per heavy atom. The Balaban J connectivity index is 1.79. The van der Waals surface area contributed by atoms with Gasteiger partial charge in [-0.2, -0.15) is 0 Å². The van der Waals surface area contributed by atoms with Gasteiger partial charge in [-0.1, -0.05) is 17.3 Å². The van der Waals surface area contributed by atoms with Gasteiger partial charge in [0.2, 0.25) is 0 Å². The summed E-state index contributed by atoms with van der Waals surface area (Å²) in [7, 11) is 1.71. The Labute approximate surface area is 101 Å². The SMILES string of the molecule is COCCNCCCn1nnc2ccccc21. The molecule has 92 valence electrons. The number of benzene rings is 1. The fourth-order valence-corrected chi connectivity index (χ4v) is 1.74. The highest BCUT2D eigenvalue weighted by Crippen LogP contribution is 2.09. The van der Waals surface area contributed by atoms with E-state index in [0.29, 0.717) is 0 Å². The number of hydrogen-bond acceptors (Lipinski definition) is 4. The highest BCUT2D eigenvalue weighted by molar-refractivity contribution is 5.73. The third-order valence-electron chi connectivity index (χ3n) is 2.63. The molecule has 0 spiro atoms. The van der Waals surface area contributed by atoms with Crippen LogP contribution in [0.1, 0.15) is 6.42 Å². The van der Waals surface area contributed by atoms with Crippen LogP contribution in [0.3, 0.4) is 0 Å². The van der Waals surface area contributed by atoms with Crippen molar-refractivity contribution in [3.63, 3.8) is 0 Å². The lowest BCUT2D eigenvalue weighted by Crippen LogP contribution is -2.21. The van der Waals surface area contributed by atoms with Crippen molar-refractivity contribution in [3.8, 4) is 0 Å². The summed E-state index contributed by atoms with van der Waals surface area (Å²) in [4.78, 5) is 0. The molecular formula is C12H18N4O. The van der Waals surface area contributed by atoms with Crippen LogP contribution in [0.4, 0.5) is 0 Å². The molecule has 0 saturated heterocycles. The quantitative estimate of drug-likeness (QED) is 0.728. The number of rotatable bonds is 7. The minimum Gasteiger partial charge on any atom is -0.383 e. The van der Waals surface area contributed by atoms with E-state index in [2.05, 4.69) is 15.6 Å². The van der Waals surface area contributed by atoms with E-state index in [9.17, 15) is 0 Å². The van der Waals surface area contributed by atoms with Gasteiger partial charge in [0.05, 0.1) is 12.1 Å². The highest BCUT2D eigenvalue weighted by atomic mass is 16.5. The molecule has 17 heavy (non-hydrogen) atoms. The van der Waals surface area contributed by atoms with Crippen LogP contribution in [0.2, 0.25) is 0 Å². The van der Waals surface area contributed by atoms with E-state index in [1.807, 2.05) is 28.9 Å². The Morgan fingerprint density at radius 2 is 2.18 bits per heavy atom. The van der Waals surface area contributed by atoms with Gasteiger partial charge in [-0.05, 0) is 25.1 Å². The van der Waals surface area contributed by atoms with Gasteiger partial charge in [-0.3, -0.25) is 0 Å². The van der Waals surface area contributed by atoms with Gasteiger partial charge in [0.25, 0.3) is 0 Å². The van der Waals surface area contributed by atoms with Crippen molar-refractivity contribution in [2.45, 2.75) is 13.0 Å². The summed E-state index contributed by atoms with van der Waals surface area (Å²) >= 11 is 0. The molecule has 0 radical (unpaired) electrons. The number of aromatic nitrogens is 3. The second-order valence-electron chi connectivity index (χ2n) is 3.90. The van der Waals surface area contributed by atoms with Crippen molar-refractivity contribution in [2.24, 2.45) is 0 Å². The zero-order valence-corrected chi connectivity index (χ0v) is 10.1. The highest BCUT2D eigenvalue weighted by Gasteiger charge is 2.01. The van der Waals surface area contributed by atoms with E-state index in [1.54, 1.807) is 7.11 Å². The average molecular weight is 234 g/mol. The lowest BCUT2D eigenvalue weighted by Gasteiger charge is -2.04. The molecule has 5 nitrogen and oxygen atoms in total. The fourth-order valence-electron chi connectivity index (χ4n) is 1.74. The topological polar surface area (TPSA) is 52.0 Å². The first-order valence-electron chi connectivity index (χ1n) is 5.89. The summed E-state index contributed by atoms with van der Waals surface area (Å²) in [5.41, 5.74) is 2.06. The molecule has 0 amide bonds. The van der Waals surface area contributed by atoms with Gasteiger partial charge in [-0.25, -0.2) is 4.68 Å². The minimum absolute atomic E-state index is 0.756. The summed E-state index contributed by atoms with van der Waals surface area (Å²) in [5, 5.41) is 11.6. The number of fused-ring (bicyclic) bond motifs is 1. The van der Waals surface area contributed by atoms with Crippen molar-refractivity contribution >= 4 is 11.0 Å². The summed E-state index contributed by atoms with van der Waals surface area (Å²) < 4.78 is 6.91. The molecular weight excluding hydrogens is 216 g/mol. The average Bonchev–Trinajstić information content (AvgIpc) is 2.77. The summed E-state index contributed by atoms with van der Waals surface area (Å²) in [5.74, 6) is 0. The molecule has 0 atom stereocenters. The van der Waals surface area contributed by atoms with E-state index < -0.39 is 0 Å². The first kappa shape index (κ1) is 12.0. The lowest BCUT2D eigenvalue weighted by molar-refractivity contribution is 0.199. The molecule has 1 aromatic carbocycles. The van der Waals surface area contributed by atoms with E-state index >= 15 is 0 Å². The van der Waals surface area contributed by atoms with E-state index in [-0.39, 0.29) is 0 Å². The predicted molar refractivity (Wildman–Crippen MR) is 66.9 cm³/mol. The third-order valence-corrected chi connectivity index (χ3v) is 2.63. The largest absolute Gasteiger partial charge is 0.383 e. The molecule has 2 rings (SSSR count). The Hall–Kier alpha value is -1.46. The number of ether oxygens (including phenoxy) is 1. The molecule has 0 aliphatic heterocycles. The van der Waals surface area contributed by atoms with Crippen LogP contribution in [0, 0.1) is 0 Å². The second-order valence-corrected chi connectivity index (χ2v) is 3.90.